The molecule has 0 spiro atoms. The highest BCUT2D eigenvalue weighted by atomic mass is 19.2. The van der Waals surface area contributed by atoms with Crippen molar-refractivity contribution in [2.75, 3.05) is 10.6 Å². The molecule has 122 valence electrons. The van der Waals surface area contributed by atoms with Crippen LogP contribution in [0.15, 0.2) is 59.2 Å². The molecule has 7 heteroatoms. The van der Waals surface area contributed by atoms with E-state index in [1.165, 1.54) is 12.3 Å². The smallest absolute Gasteiger partial charge is 0.291 e. The van der Waals surface area contributed by atoms with E-state index in [0.29, 0.717) is 11.4 Å². The second-order valence-electron chi connectivity index (χ2n) is 4.86. The predicted molar refractivity (Wildman–Crippen MR) is 82.7 cm³/mol. The minimum Gasteiger partial charge on any atom is -0.459 e. The third kappa shape index (κ3) is 3.24. The number of hydrogen-bond donors (Lipinski definition) is 2. The Balaban J connectivity index is 1.71. The minimum atomic E-state index is -1.54. The Labute approximate surface area is 134 Å². The van der Waals surface area contributed by atoms with Crippen molar-refractivity contribution in [1.29, 1.82) is 0 Å². The molecule has 0 aliphatic carbocycles. The van der Waals surface area contributed by atoms with Crippen LogP contribution in [0.2, 0.25) is 0 Å². The number of benzene rings is 2. The lowest BCUT2D eigenvalue weighted by Crippen LogP contribution is -2.10. The molecule has 3 rings (SSSR count). The number of carbonyl (C=O) groups is 1. The van der Waals surface area contributed by atoms with Crippen LogP contribution in [-0.4, -0.2) is 5.91 Å². The first-order chi connectivity index (χ1) is 11.5. The highest BCUT2D eigenvalue weighted by Crippen LogP contribution is 2.24. The van der Waals surface area contributed by atoms with Crippen LogP contribution in [0.3, 0.4) is 0 Å². The van der Waals surface area contributed by atoms with Crippen molar-refractivity contribution in [3.63, 3.8) is 0 Å². The van der Waals surface area contributed by atoms with Crippen molar-refractivity contribution in [2.45, 2.75) is 0 Å². The van der Waals surface area contributed by atoms with Gasteiger partial charge in [-0.15, -0.1) is 0 Å². The summed E-state index contributed by atoms with van der Waals surface area (Å²) in [5, 5.41) is 5.25. The van der Waals surface area contributed by atoms with E-state index in [1.807, 2.05) is 0 Å². The first kappa shape index (κ1) is 15.7. The molecule has 24 heavy (non-hydrogen) atoms. The first-order valence-corrected chi connectivity index (χ1v) is 6.90. The fourth-order valence-corrected chi connectivity index (χ4v) is 2.02. The zero-order valence-electron chi connectivity index (χ0n) is 12.1. The summed E-state index contributed by atoms with van der Waals surface area (Å²) in [6.45, 7) is 0. The second-order valence-corrected chi connectivity index (χ2v) is 4.86. The lowest BCUT2D eigenvalue weighted by Gasteiger charge is -2.09. The number of rotatable bonds is 4. The van der Waals surface area contributed by atoms with Crippen LogP contribution < -0.4 is 10.6 Å². The van der Waals surface area contributed by atoms with Crippen molar-refractivity contribution in [1.82, 2.24) is 0 Å². The fraction of sp³-hybridized carbons (Fsp3) is 0. The Morgan fingerprint density at radius 1 is 0.875 bits per heavy atom. The van der Waals surface area contributed by atoms with Gasteiger partial charge in [0.1, 0.15) is 0 Å². The quantitative estimate of drug-likeness (QED) is 0.681. The van der Waals surface area contributed by atoms with Crippen molar-refractivity contribution in [3.05, 3.63) is 78.0 Å². The van der Waals surface area contributed by atoms with E-state index in [-0.39, 0.29) is 11.4 Å². The van der Waals surface area contributed by atoms with Crippen LogP contribution in [0.5, 0.6) is 0 Å². The molecule has 0 fully saturated rings. The van der Waals surface area contributed by atoms with Crippen LogP contribution >= 0.6 is 0 Å². The lowest BCUT2D eigenvalue weighted by molar-refractivity contribution is 0.0996. The maximum absolute atomic E-state index is 13.6. The summed E-state index contributed by atoms with van der Waals surface area (Å²) in [4.78, 5) is 11.8. The van der Waals surface area contributed by atoms with E-state index in [0.717, 1.165) is 12.1 Å². The third-order valence-electron chi connectivity index (χ3n) is 3.20. The highest BCUT2D eigenvalue weighted by Gasteiger charge is 2.13. The van der Waals surface area contributed by atoms with Crippen LogP contribution in [0.25, 0.3) is 0 Å². The first-order valence-electron chi connectivity index (χ1n) is 6.90. The number of halogens is 3. The summed E-state index contributed by atoms with van der Waals surface area (Å²) in [7, 11) is 0. The third-order valence-corrected chi connectivity index (χ3v) is 3.20. The molecule has 0 bridgehead atoms. The molecule has 2 aromatic carbocycles. The maximum Gasteiger partial charge on any atom is 0.291 e. The molecule has 0 aliphatic rings. The number of nitrogens with one attached hydrogen (secondary N) is 2. The second kappa shape index (κ2) is 6.49. The number of anilines is 3. The fourth-order valence-electron chi connectivity index (χ4n) is 2.02. The van der Waals surface area contributed by atoms with E-state index in [1.54, 1.807) is 30.3 Å². The van der Waals surface area contributed by atoms with Crippen molar-refractivity contribution in [2.24, 2.45) is 0 Å². The normalized spacial score (nSPS) is 10.5. The lowest BCUT2D eigenvalue weighted by atomic mass is 10.2. The summed E-state index contributed by atoms with van der Waals surface area (Å²) < 4.78 is 44.7. The largest absolute Gasteiger partial charge is 0.459 e. The Bertz CT molecular complexity index is 862. The maximum atomic E-state index is 13.6. The molecule has 1 heterocycles. The van der Waals surface area contributed by atoms with Gasteiger partial charge in [-0.1, -0.05) is 0 Å². The molecular weight excluding hydrogens is 321 g/mol. The van der Waals surface area contributed by atoms with Gasteiger partial charge in [0.15, 0.2) is 23.2 Å². The highest BCUT2D eigenvalue weighted by molar-refractivity contribution is 6.02. The number of hydrogen-bond acceptors (Lipinski definition) is 3. The van der Waals surface area contributed by atoms with Crippen molar-refractivity contribution >= 4 is 23.0 Å². The molecule has 1 aromatic heterocycles. The predicted octanol–water partition coefficient (Wildman–Crippen LogP) is 4.69. The van der Waals surface area contributed by atoms with Gasteiger partial charge in [0, 0.05) is 11.4 Å². The molecular formula is C17H11F3N2O2. The van der Waals surface area contributed by atoms with Gasteiger partial charge in [0.25, 0.3) is 5.91 Å². The Hall–Kier alpha value is -3.22. The molecule has 3 aromatic rings. The van der Waals surface area contributed by atoms with Gasteiger partial charge in [0.2, 0.25) is 0 Å². The summed E-state index contributed by atoms with van der Waals surface area (Å²) >= 11 is 0. The van der Waals surface area contributed by atoms with E-state index < -0.39 is 23.4 Å². The average Bonchev–Trinajstić information content (AvgIpc) is 3.12. The monoisotopic (exact) mass is 332 g/mol. The zero-order chi connectivity index (χ0) is 17.1. The molecule has 1 amide bonds. The van der Waals surface area contributed by atoms with E-state index in [9.17, 15) is 18.0 Å². The van der Waals surface area contributed by atoms with Gasteiger partial charge in [-0.2, -0.15) is 0 Å². The van der Waals surface area contributed by atoms with Gasteiger partial charge in [-0.3, -0.25) is 4.79 Å². The van der Waals surface area contributed by atoms with Crippen LogP contribution in [0, 0.1) is 17.5 Å². The van der Waals surface area contributed by atoms with Crippen LogP contribution in [-0.2, 0) is 0 Å². The van der Waals surface area contributed by atoms with E-state index in [2.05, 4.69) is 10.6 Å². The zero-order valence-corrected chi connectivity index (χ0v) is 12.1. The average molecular weight is 332 g/mol. The standard InChI is InChI=1S/C17H11F3N2O2/c18-12-7-8-13(16(20)15(12)19)21-10-3-5-11(6-4-10)22-17(23)14-2-1-9-24-14/h1-9,21H,(H,22,23). The molecule has 4 nitrogen and oxygen atoms in total. The molecule has 0 unspecified atom stereocenters. The Morgan fingerprint density at radius 3 is 2.25 bits per heavy atom. The summed E-state index contributed by atoms with van der Waals surface area (Å²) in [5.74, 6) is -4.34. The van der Waals surface area contributed by atoms with Crippen molar-refractivity contribution < 1.29 is 22.4 Å². The molecule has 0 saturated carbocycles. The number of furan rings is 1. The molecule has 0 atom stereocenters. The van der Waals surface area contributed by atoms with Gasteiger partial charge in [-0.25, -0.2) is 13.2 Å². The van der Waals surface area contributed by atoms with Gasteiger partial charge in [0.05, 0.1) is 12.0 Å². The van der Waals surface area contributed by atoms with Gasteiger partial charge < -0.3 is 15.1 Å². The van der Waals surface area contributed by atoms with Gasteiger partial charge >= 0.3 is 0 Å². The van der Waals surface area contributed by atoms with Gasteiger partial charge in [-0.05, 0) is 48.5 Å². The molecule has 0 aliphatic heterocycles. The van der Waals surface area contributed by atoms with Crippen LogP contribution in [0.4, 0.5) is 30.2 Å². The van der Waals surface area contributed by atoms with E-state index in [4.69, 9.17) is 4.42 Å². The van der Waals surface area contributed by atoms with E-state index >= 15 is 0 Å². The number of carbonyl (C=O) groups excluding carboxylic acids is 1. The summed E-state index contributed by atoms with van der Waals surface area (Å²) in [6.07, 6.45) is 1.39. The minimum absolute atomic E-state index is 0.168. The SMILES string of the molecule is O=C(Nc1ccc(Nc2ccc(F)c(F)c2F)cc1)c1ccco1. The molecule has 0 radical (unpaired) electrons. The molecule has 0 saturated heterocycles. The summed E-state index contributed by atoms with van der Waals surface area (Å²) in [5.41, 5.74) is 0.741. The Morgan fingerprint density at radius 2 is 1.58 bits per heavy atom. The Kier molecular flexibility index (Phi) is 4.24. The topological polar surface area (TPSA) is 54.3 Å². The number of amides is 1. The van der Waals surface area contributed by atoms with Crippen LogP contribution in [0.1, 0.15) is 10.6 Å². The summed E-state index contributed by atoms with van der Waals surface area (Å²) in [6, 6.07) is 11.3. The molecule has 2 N–H and O–H groups in total. The van der Waals surface area contributed by atoms with Crippen molar-refractivity contribution in [3.8, 4) is 0 Å².